The summed E-state index contributed by atoms with van der Waals surface area (Å²) in [6.45, 7) is 5.86. The maximum atomic E-state index is 12.7. The Hall–Kier alpha value is -2.79. The van der Waals surface area contributed by atoms with E-state index in [2.05, 4.69) is 29.2 Å². The molecule has 0 saturated carbocycles. The quantitative estimate of drug-likeness (QED) is 0.739. The number of benzene rings is 2. The van der Waals surface area contributed by atoms with Crippen LogP contribution in [0.5, 0.6) is 11.5 Å². The van der Waals surface area contributed by atoms with Gasteiger partial charge >= 0.3 is 0 Å². The third-order valence-electron chi connectivity index (χ3n) is 4.88. The Balaban J connectivity index is 1.46. The SMILES string of the molecule is COc1ccccc1O[C@H](C)C(=O)N1CCN(C/C=C/c2ccccc2)CC1. The van der Waals surface area contributed by atoms with Crippen molar-refractivity contribution in [2.24, 2.45) is 0 Å². The smallest absolute Gasteiger partial charge is 0.263 e. The van der Waals surface area contributed by atoms with Crippen LogP contribution in [0.25, 0.3) is 6.08 Å². The third-order valence-corrected chi connectivity index (χ3v) is 4.88. The number of hydrogen-bond acceptors (Lipinski definition) is 4. The summed E-state index contributed by atoms with van der Waals surface area (Å²) in [5, 5.41) is 0. The highest BCUT2D eigenvalue weighted by molar-refractivity contribution is 5.81. The van der Waals surface area contributed by atoms with Crippen LogP contribution < -0.4 is 9.47 Å². The molecule has 0 aliphatic carbocycles. The van der Waals surface area contributed by atoms with E-state index in [-0.39, 0.29) is 5.91 Å². The lowest BCUT2D eigenvalue weighted by Crippen LogP contribution is -2.51. The van der Waals surface area contributed by atoms with Crippen molar-refractivity contribution in [1.29, 1.82) is 0 Å². The summed E-state index contributed by atoms with van der Waals surface area (Å²) in [5.74, 6) is 1.25. The molecular weight excluding hydrogens is 352 g/mol. The first-order valence-electron chi connectivity index (χ1n) is 9.70. The van der Waals surface area contributed by atoms with Crippen LogP contribution in [0.3, 0.4) is 0 Å². The summed E-state index contributed by atoms with van der Waals surface area (Å²) in [6, 6.07) is 17.7. The second kappa shape index (κ2) is 9.95. The average Bonchev–Trinajstić information content (AvgIpc) is 2.75. The van der Waals surface area contributed by atoms with E-state index < -0.39 is 6.10 Å². The minimum absolute atomic E-state index is 0.0189. The molecular formula is C23H28N2O3. The second-order valence-corrected chi connectivity index (χ2v) is 6.85. The normalized spacial score (nSPS) is 16.1. The molecule has 1 aliphatic rings. The minimum atomic E-state index is -0.541. The average molecular weight is 380 g/mol. The number of methoxy groups -OCH3 is 1. The van der Waals surface area contributed by atoms with Gasteiger partial charge in [-0.1, -0.05) is 54.6 Å². The van der Waals surface area contributed by atoms with E-state index in [1.165, 1.54) is 5.56 Å². The Kier molecular flexibility index (Phi) is 7.09. The zero-order chi connectivity index (χ0) is 19.8. The number of piperazine rings is 1. The summed E-state index contributed by atoms with van der Waals surface area (Å²) in [5.41, 5.74) is 1.21. The van der Waals surface area contributed by atoms with Gasteiger partial charge in [0.15, 0.2) is 17.6 Å². The van der Waals surface area contributed by atoms with Crippen molar-refractivity contribution in [1.82, 2.24) is 9.80 Å². The predicted molar refractivity (Wildman–Crippen MR) is 112 cm³/mol. The van der Waals surface area contributed by atoms with Crippen molar-refractivity contribution in [3.63, 3.8) is 0 Å². The molecule has 0 radical (unpaired) electrons. The Morgan fingerprint density at radius 1 is 1.00 bits per heavy atom. The number of nitrogens with zero attached hydrogens (tertiary/aromatic N) is 2. The van der Waals surface area contributed by atoms with Crippen LogP contribution in [0.4, 0.5) is 0 Å². The maximum Gasteiger partial charge on any atom is 0.263 e. The van der Waals surface area contributed by atoms with Gasteiger partial charge in [0.25, 0.3) is 5.91 Å². The van der Waals surface area contributed by atoms with E-state index in [9.17, 15) is 4.79 Å². The van der Waals surface area contributed by atoms with Gasteiger partial charge in [-0.05, 0) is 24.6 Å². The van der Waals surface area contributed by atoms with Gasteiger partial charge in [-0.3, -0.25) is 9.69 Å². The summed E-state index contributed by atoms with van der Waals surface area (Å²) in [6.07, 6.45) is 3.78. The van der Waals surface area contributed by atoms with Gasteiger partial charge in [-0.25, -0.2) is 0 Å². The Bertz CT molecular complexity index is 783. The standard InChI is InChI=1S/C23H28N2O3/c1-19(28-22-13-7-6-12-21(22)27-2)23(26)25-17-15-24(16-18-25)14-8-11-20-9-4-3-5-10-20/h3-13,19H,14-18H2,1-2H3/b11-8+/t19-/m1/s1. The molecule has 1 fully saturated rings. The molecule has 5 heteroatoms. The summed E-state index contributed by atoms with van der Waals surface area (Å²) in [7, 11) is 1.60. The van der Waals surface area contributed by atoms with Gasteiger partial charge in [0.1, 0.15) is 0 Å². The van der Waals surface area contributed by atoms with Gasteiger partial charge in [0.05, 0.1) is 7.11 Å². The number of carbonyl (C=O) groups excluding carboxylic acids is 1. The summed E-state index contributed by atoms with van der Waals surface area (Å²) in [4.78, 5) is 17.0. The number of rotatable bonds is 7. The fraction of sp³-hybridized carbons (Fsp3) is 0.348. The molecule has 5 nitrogen and oxygen atoms in total. The van der Waals surface area contributed by atoms with E-state index in [0.717, 1.165) is 32.7 Å². The van der Waals surface area contributed by atoms with Gasteiger partial charge < -0.3 is 14.4 Å². The van der Waals surface area contributed by atoms with E-state index in [1.807, 2.05) is 47.4 Å². The first-order valence-corrected chi connectivity index (χ1v) is 9.70. The predicted octanol–water partition coefficient (Wildman–Crippen LogP) is 3.32. The van der Waals surface area contributed by atoms with E-state index in [4.69, 9.17) is 9.47 Å². The molecule has 0 bridgehead atoms. The van der Waals surface area contributed by atoms with Crippen LogP contribution in [0.1, 0.15) is 12.5 Å². The Morgan fingerprint density at radius 2 is 1.64 bits per heavy atom. The Morgan fingerprint density at radius 3 is 2.32 bits per heavy atom. The van der Waals surface area contributed by atoms with Crippen LogP contribution >= 0.6 is 0 Å². The molecule has 0 aromatic heterocycles. The zero-order valence-electron chi connectivity index (χ0n) is 16.6. The van der Waals surface area contributed by atoms with Gasteiger partial charge in [0, 0.05) is 32.7 Å². The lowest BCUT2D eigenvalue weighted by Gasteiger charge is -2.35. The number of carbonyl (C=O) groups is 1. The zero-order valence-corrected chi connectivity index (χ0v) is 16.6. The van der Waals surface area contributed by atoms with Crippen molar-refractivity contribution in [3.05, 3.63) is 66.2 Å². The Labute approximate surface area is 167 Å². The third kappa shape index (κ3) is 5.36. The minimum Gasteiger partial charge on any atom is -0.493 e. The fourth-order valence-corrected chi connectivity index (χ4v) is 3.27. The number of para-hydroxylation sites is 2. The molecule has 28 heavy (non-hydrogen) atoms. The van der Waals surface area contributed by atoms with Gasteiger partial charge in [0.2, 0.25) is 0 Å². The van der Waals surface area contributed by atoms with Crippen molar-refractivity contribution < 1.29 is 14.3 Å². The highest BCUT2D eigenvalue weighted by Gasteiger charge is 2.26. The van der Waals surface area contributed by atoms with Crippen LogP contribution in [0.15, 0.2) is 60.7 Å². The van der Waals surface area contributed by atoms with Crippen LogP contribution in [0, 0.1) is 0 Å². The molecule has 1 saturated heterocycles. The first-order chi connectivity index (χ1) is 13.7. The number of hydrogen-bond donors (Lipinski definition) is 0. The highest BCUT2D eigenvalue weighted by atomic mass is 16.5. The van der Waals surface area contributed by atoms with Crippen LogP contribution in [-0.2, 0) is 4.79 Å². The molecule has 0 spiro atoms. The highest BCUT2D eigenvalue weighted by Crippen LogP contribution is 2.27. The maximum absolute atomic E-state index is 12.7. The van der Waals surface area contributed by atoms with Gasteiger partial charge in [-0.2, -0.15) is 0 Å². The summed E-state index contributed by atoms with van der Waals surface area (Å²) < 4.78 is 11.1. The molecule has 148 valence electrons. The van der Waals surface area contributed by atoms with E-state index in [1.54, 1.807) is 14.0 Å². The van der Waals surface area contributed by atoms with Crippen molar-refractivity contribution in [2.45, 2.75) is 13.0 Å². The molecule has 1 aliphatic heterocycles. The van der Waals surface area contributed by atoms with Crippen molar-refractivity contribution in [3.8, 4) is 11.5 Å². The fourth-order valence-electron chi connectivity index (χ4n) is 3.27. The van der Waals surface area contributed by atoms with Crippen LogP contribution in [-0.4, -0.2) is 61.6 Å². The molecule has 2 aromatic carbocycles. The molecule has 2 aromatic rings. The number of ether oxygens (including phenoxy) is 2. The van der Waals surface area contributed by atoms with E-state index >= 15 is 0 Å². The lowest BCUT2D eigenvalue weighted by atomic mass is 10.2. The molecule has 1 amide bonds. The molecule has 1 atom stereocenters. The first kappa shape index (κ1) is 20.0. The molecule has 0 unspecified atom stereocenters. The van der Waals surface area contributed by atoms with Crippen molar-refractivity contribution >= 4 is 12.0 Å². The summed E-state index contributed by atoms with van der Waals surface area (Å²) >= 11 is 0. The lowest BCUT2D eigenvalue weighted by molar-refractivity contribution is -0.139. The second-order valence-electron chi connectivity index (χ2n) is 6.85. The number of amides is 1. The largest absolute Gasteiger partial charge is 0.493 e. The van der Waals surface area contributed by atoms with Gasteiger partial charge in [-0.15, -0.1) is 0 Å². The molecule has 1 heterocycles. The van der Waals surface area contributed by atoms with Crippen molar-refractivity contribution in [2.75, 3.05) is 39.8 Å². The monoisotopic (exact) mass is 380 g/mol. The topological polar surface area (TPSA) is 42.0 Å². The molecule has 0 N–H and O–H groups in total. The van der Waals surface area contributed by atoms with E-state index in [0.29, 0.717) is 11.5 Å². The van der Waals surface area contributed by atoms with Crippen LogP contribution in [0.2, 0.25) is 0 Å². The molecule has 3 rings (SSSR count).